The number of pyridine rings is 1. The molecule has 0 aliphatic heterocycles. The van der Waals surface area contributed by atoms with Gasteiger partial charge >= 0.3 is 0 Å². The average molecular weight is 223 g/mol. The van der Waals surface area contributed by atoms with Crippen molar-refractivity contribution in [2.24, 2.45) is 0 Å². The first-order chi connectivity index (χ1) is 7.72. The zero-order valence-electron chi connectivity index (χ0n) is 9.15. The number of aryl methyl sites for hydroxylation is 1. The Morgan fingerprint density at radius 2 is 2.25 bits per heavy atom. The number of aromatic hydroxyl groups is 1. The fourth-order valence-corrected chi connectivity index (χ4v) is 1.71. The molecule has 0 atom stereocenters. The molecule has 0 spiro atoms. The predicted molar refractivity (Wildman–Crippen MR) is 58.7 cm³/mol. The molecule has 4 nitrogen and oxygen atoms in total. The third kappa shape index (κ3) is 1.98. The van der Waals surface area contributed by atoms with Gasteiger partial charge in [-0.1, -0.05) is 19.8 Å². The number of rotatable bonds is 4. The van der Waals surface area contributed by atoms with Crippen molar-refractivity contribution in [1.82, 2.24) is 14.5 Å². The number of unbranched alkanes of at least 4 members (excludes halogenated alkanes) is 2. The van der Waals surface area contributed by atoms with Crippen molar-refractivity contribution < 1.29 is 9.50 Å². The molecule has 0 saturated heterocycles. The van der Waals surface area contributed by atoms with Crippen LogP contribution in [0.2, 0.25) is 0 Å². The van der Waals surface area contributed by atoms with Gasteiger partial charge in [0.15, 0.2) is 5.65 Å². The zero-order chi connectivity index (χ0) is 11.5. The number of halogens is 1. The minimum atomic E-state index is -0.413. The average Bonchev–Trinajstić information content (AvgIpc) is 2.56. The van der Waals surface area contributed by atoms with Gasteiger partial charge in [-0.05, 0) is 6.42 Å². The van der Waals surface area contributed by atoms with Crippen LogP contribution in [0.5, 0.6) is 6.01 Å². The summed E-state index contributed by atoms with van der Waals surface area (Å²) in [5, 5.41) is 9.61. The van der Waals surface area contributed by atoms with E-state index in [1.54, 1.807) is 4.57 Å². The van der Waals surface area contributed by atoms with E-state index in [0.717, 1.165) is 25.5 Å². The standard InChI is InChI=1S/C11H14FN3O/c1-2-3-4-5-15-9-6-8(12)7-13-10(9)14-11(15)16/h6-7H,2-5H2,1H3,(H,13,14,16). The van der Waals surface area contributed by atoms with Crippen LogP contribution in [0, 0.1) is 5.82 Å². The lowest BCUT2D eigenvalue weighted by Crippen LogP contribution is -1.97. The quantitative estimate of drug-likeness (QED) is 0.810. The summed E-state index contributed by atoms with van der Waals surface area (Å²) >= 11 is 0. The summed E-state index contributed by atoms with van der Waals surface area (Å²) in [5.41, 5.74) is 0.934. The van der Waals surface area contributed by atoms with E-state index in [4.69, 9.17) is 0 Å². The third-order valence-electron chi connectivity index (χ3n) is 2.54. The molecular formula is C11H14FN3O. The van der Waals surface area contributed by atoms with E-state index >= 15 is 0 Å². The number of hydrogen-bond acceptors (Lipinski definition) is 3. The highest BCUT2D eigenvalue weighted by atomic mass is 19.1. The van der Waals surface area contributed by atoms with Gasteiger partial charge in [-0.3, -0.25) is 4.57 Å². The Balaban J connectivity index is 2.34. The number of hydrogen-bond donors (Lipinski definition) is 1. The fourth-order valence-electron chi connectivity index (χ4n) is 1.71. The van der Waals surface area contributed by atoms with E-state index in [2.05, 4.69) is 16.9 Å². The van der Waals surface area contributed by atoms with Gasteiger partial charge in [-0.15, -0.1) is 0 Å². The molecule has 2 rings (SSSR count). The van der Waals surface area contributed by atoms with Crippen molar-refractivity contribution in [3.63, 3.8) is 0 Å². The Morgan fingerprint density at radius 3 is 3.00 bits per heavy atom. The molecule has 16 heavy (non-hydrogen) atoms. The van der Waals surface area contributed by atoms with Gasteiger partial charge in [0.25, 0.3) is 6.01 Å². The fraction of sp³-hybridized carbons (Fsp3) is 0.455. The van der Waals surface area contributed by atoms with E-state index in [1.807, 2.05) is 0 Å². The minimum absolute atomic E-state index is 0.0933. The van der Waals surface area contributed by atoms with Crippen molar-refractivity contribution in [2.45, 2.75) is 32.7 Å². The summed E-state index contributed by atoms with van der Waals surface area (Å²) in [6.45, 7) is 2.74. The van der Waals surface area contributed by atoms with Crippen LogP contribution in [0.25, 0.3) is 11.2 Å². The van der Waals surface area contributed by atoms with Crippen LogP contribution in [0.15, 0.2) is 12.3 Å². The van der Waals surface area contributed by atoms with E-state index < -0.39 is 5.82 Å². The van der Waals surface area contributed by atoms with Gasteiger partial charge in [0.05, 0.1) is 11.7 Å². The van der Waals surface area contributed by atoms with Crippen LogP contribution in [0.3, 0.4) is 0 Å². The minimum Gasteiger partial charge on any atom is -0.480 e. The van der Waals surface area contributed by atoms with Gasteiger partial charge < -0.3 is 5.11 Å². The molecule has 0 radical (unpaired) electrons. The van der Waals surface area contributed by atoms with Crippen LogP contribution in [-0.2, 0) is 6.54 Å². The Labute approximate surface area is 92.8 Å². The maximum absolute atomic E-state index is 13.0. The molecule has 1 N–H and O–H groups in total. The van der Waals surface area contributed by atoms with Gasteiger partial charge in [-0.25, -0.2) is 9.37 Å². The van der Waals surface area contributed by atoms with Crippen LogP contribution in [-0.4, -0.2) is 19.6 Å². The molecule has 2 aromatic heterocycles. The predicted octanol–water partition coefficient (Wildman–Crippen LogP) is 2.47. The third-order valence-corrected chi connectivity index (χ3v) is 2.54. The second-order valence-electron chi connectivity index (χ2n) is 3.77. The highest BCUT2D eigenvalue weighted by molar-refractivity contribution is 5.72. The normalized spacial score (nSPS) is 11.1. The Bertz CT molecular complexity index is 495. The number of nitrogens with zero attached hydrogens (tertiary/aromatic N) is 3. The maximum atomic E-state index is 13.0. The highest BCUT2D eigenvalue weighted by Gasteiger charge is 2.10. The van der Waals surface area contributed by atoms with Crippen LogP contribution >= 0.6 is 0 Å². The number of fused-ring (bicyclic) bond motifs is 1. The molecule has 2 heterocycles. The zero-order valence-corrected chi connectivity index (χ0v) is 9.15. The van der Waals surface area contributed by atoms with Crippen LogP contribution in [0.4, 0.5) is 4.39 Å². The first kappa shape index (κ1) is 10.9. The molecule has 2 aromatic rings. The number of aromatic nitrogens is 3. The molecule has 0 bridgehead atoms. The summed E-state index contributed by atoms with van der Waals surface area (Å²) in [5.74, 6) is -0.413. The molecule has 86 valence electrons. The van der Waals surface area contributed by atoms with E-state index in [9.17, 15) is 9.50 Å². The molecule has 0 aromatic carbocycles. The topological polar surface area (TPSA) is 50.9 Å². The summed E-state index contributed by atoms with van der Waals surface area (Å²) in [4.78, 5) is 7.70. The molecular weight excluding hydrogens is 209 g/mol. The Hall–Kier alpha value is -1.65. The summed E-state index contributed by atoms with van der Waals surface area (Å²) in [7, 11) is 0. The summed E-state index contributed by atoms with van der Waals surface area (Å²) < 4.78 is 14.6. The molecule has 0 aliphatic carbocycles. The van der Waals surface area contributed by atoms with Crippen molar-refractivity contribution in [3.05, 3.63) is 18.1 Å². The second-order valence-corrected chi connectivity index (χ2v) is 3.77. The SMILES string of the molecule is CCCCCn1c(O)nc2ncc(F)cc21. The smallest absolute Gasteiger partial charge is 0.296 e. The summed E-state index contributed by atoms with van der Waals surface area (Å²) in [6, 6.07) is 1.25. The van der Waals surface area contributed by atoms with Crippen LogP contribution in [0.1, 0.15) is 26.2 Å². The molecule has 0 saturated carbocycles. The van der Waals surface area contributed by atoms with Crippen molar-refractivity contribution >= 4 is 11.2 Å². The highest BCUT2D eigenvalue weighted by Crippen LogP contribution is 2.20. The summed E-state index contributed by atoms with van der Waals surface area (Å²) in [6.07, 6.45) is 4.21. The van der Waals surface area contributed by atoms with Gasteiger partial charge in [-0.2, -0.15) is 4.98 Å². The Kier molecular flexibility index (Phi) is 3.03. The molecule has 0 aliphatic rings. The second kappa shape index (κ2) is 4.47. The maximum Gasteiger partial charge on any atom is 0.296 e. The van der Waals surface area contributed by atoms with Crippen molar-refractivity contribution in [2.75, 3.05) is 0 Å². The van der Waals surface area contributed by atoms with Crippen LogP contribution < -0.4 is 0 Å². The van der Waals surface area contributed by atoms with E-state index in [-0.39, 0.29) is 6.01 Å². The lowest BCUT2D eigenvalue weighted by Gasteiger charge is -2.04. The van der Waals surface area contributed by atoms with Gasteiger partial charge in [0.2, 0.25) is 0 Å². The van der Waals surface area contributed by atoms with Crippen molar-refractivity contribution in [3.8, 4) is 6.01 Å². The van der Waals surface area contributed by atoms with E-state index in [0.29, 0.717) is 17.7 Å². The molecule has 0 unspecified atom stereocenters. The van der Waals surface area contributed by atoms with Gasteiger partial charge in [0.1, 0.15) is 5.82 Å². The monoisotopic (exact) mass is 223 g/mol. The molecule has 5 heteroatoms. The lowest BCUT2D eigenvalue weighted by atomic mass is 10.2. The lowest BCUT2D eigenvalue weighted by molar-refractivity contribution is 0.397. The molecule has 0 amide bonds. The van der Waals surface area contributed by atoms with E-state index in [1.165, 1.54) is 6.07 Å². The number of imidazole rings is 1. The molecule has 0 fully saturated rings. The van der Waals surface area contributed by atoms with Gasteiger partial charge in [0, 0.05) is 12.6 Å². The Morgan fingerprint density at radius 1 is 1.44 bits per heavy atom. The largest absolute Gasteiger partial charge is 0.480 e. The van der Waals surface area contributed by atoms with Crippen molar-refractivity contribution in [1.29, 1.82) is 0 Å². The first-order valence-corrected chi connectivity index (χ1v) is 5.43. The first-order valence-electron chi connectivity index (χ1n) is 5.43.